The van der Waals surface area contributed by atoms with E-state index >= 15 is 0 Å². The molecule has 2 heterocycles. The largest absolute Gasteiger partial charge is 0.417 e. The normalized spacial score (nSPS) is 11.3. The monoisotopic (exact) mass is 397 g/mol. The van der Waals surface area contributed by atoms with E-state index in [1.54, 1.807) is 13.0 Å². The van der Waals surface area contributed by atoms with Crippen molar-refractivity contribution in [2.75, 3.05) is 10.6 Å². The van der Waals surface area contributed by atoms with Crippen molar-refractivity contribution in [2.24, 2.45) is 0 Å². The smallest absolute Gasteiger partial charge is 0.360 e. The average Bonchev–Trinajstić information content (AvgIpc) is 3.00. The van der Waals surface area contributed by atoms with Gasteiger partial charge in [0.25, 0.3) is 5.91 Å². The predicted octanol–water partition coefficient (Wildman–Crippen LogP) is 4.44. The summed E-state index contributed by atoms with van der Waals surface area (Å²) in [4.78, 5) is 20.2. The maximum absolute atomic E-state index is 12.9. The first-order valence-corrected chi connectivity index (χ1v) is 7.81. The lowest BCUT2D eigenvalue weighted by molar-refractivity contribution is -0.137. The minimum atomic E-state index is -4.64. The molecule has 0 spiro atoms. The standard InChI is InChI=1S/C16H11ClF3N5O2/c1-8-6-13(25-27-8)24-15-21-5-4-12(23-15)14(26)22-9-2-3-11(17)10(7-9)16(18,19)20/h2-7H,1H3,(H,22,26)(H,21,23,24,25). The molecule has 0 fully saturated rings. The van der Waals surface area contributed by atoms with Crippen molar-refractivity contribution >= 4 is 35.0 Å². The number of carbonyl (C=O) groups excluding carboxylic acids is 1. The second-order valence-corrected chi connectivity index (χ2v) is 5.77. The van der Waals surface area contributed by atoms with Crippen molar-refractivity contribution in [1.82, 2.24) is 15.1 Å². The molecule has 0 bridgehead atoms. The van der Waals surface area contributed by atoms with Gasteiger partial charge < -0.3 is 15.2 Å². The van der Waals surface area contributed by atoms with Crippen LogP contribution in [0.3, 0.4) is 0 Å². The Morgan fingerprint density at radius 3 is 2.67 bits per heavy atom. The van der Waals surface area contributed by atoms with Gasteiger partial charge in [0.1, 0.15) is 11.5 Å². The number of benzene rings is 1. The van der Waals surface area contributed by atoms with Gasteiger partial charge in [-0.05, 0) is 31.2 Å². The first-order chi connectivity index (χ1) is 12.7. The Morgan fingerprint density at radius 2 is 2.00 bits per heavy atom. The van der Waals surface area contributed by atoms with E-state index in [1.165, 1.54) is 18.3 Å². The van der Waals surface area contributed by atoms with Crippen molar-refractivity contribution < 1.29 is 22.5 Å². The summed E-state index contributed by atoms with van der Waals surface area (Å²) in [6.07, 6.45) is -3.32. The molecular weight excluding hydrogens is 387 g/mol. The second kappa shape index (κ2) is 7.23. The topological polar surface area (TPSA) is 92.9 Å². The van der Waals surface area contributed by atoms with Gasteiger partial charge in [-0.25, -0.2) is 9.97 Å². The van der Waals surface area contributed by atoms with Crippen LogP contribution in [0.4, 0.5) is 30.6 Å². The molecule has 140 valence electrons. The van der Waals surface area contributed by atoms with Gasteiger partial charge in [0.15, 0.2) is 5.82 Å². The van der Waals surface area contributed by atoms with Gasteiger partial charge in [0, 0.05) is 18.0 Å². The summed E-state index contributed by atoms with van der Waals surface area (Å²) in [5, 5.41) is 8.34. The number of halogens is 4. The Kier molecular flexibility index (Phi) is 5.00. The number of alkyl halides is 3. The number of nitrogens with one attached hydrogen (secondary N) is 2. The third kappa shape index (κ3) is 4.53. The first-order valence-electron chi connectivity index (χ1n) is 7.44. The Morgan fingerprint density at radius 1 is 1.22 bits per heavy atom. The lowest BCUT2D eigenvalue weighted by atomic mass is 10.2. The fraction of sp³-hybridized carbons (Fsp3) is 0.125. The lowest BCUT2D eigenvalue weighted by Gasteiger charge is -2.11. The van der Waals surface area contributed by atoms with Crippen LogP contribution in [0.1, 0.15) is 21.8 Å². The quantitative estimate of drug-likeness (QED) is 0.676. The number of amides is 1. The van der Waals surface area contributed by atoms with E-state index in [1.807, 2.05) is 0 Å². The summed E-state index contributed by atoms with van der Waals surface area (Å²) in [5.74, 6) is 0.266. The number of hydrogen-bond donors (Lipinski definition) is 2. The molecule has 1 amide bonds. The van der Waals surface area contributed by atoms with Crippen LogP contribution in [0.5, 0.6) is 0 Å². The molecule has 0 radical (unpaired) electrons. The van der Waals surface area contributed by atoms with Gasteiger partial charge >= 0.3 is 6.18 Å². The number of nitrogens with zero attached hydrogens (tertiary/aromatic N) is 3. The molecule has 2 aromatic heterocycles. The maximum Gasteiger partial charge on any atom is 0.417 e. The highest BCUT2D eigenvalue weighted by atomic mass is 35.5. The first kappa shape index (κ1) is 18.6. The number of hydrogen-bond acceptors (Lipinski definition) is 6. The molecular formula is C16H11ClF3N5O2. The third-order valence-corrected chi connectivity index (χ3v) is 3.62. The lowest BCUT2D eigenvalue weighted by Crippen LogP contribution is -2.15. The van der Waals surface area contributed by atoms with E-state index in [-0.39, 0.29) is 17.3 Å². The fourth-order valence-electron chi connectivity index (χ4n) is 2.10. The molecule has 2 N–H and O–H groups in total. The number of carbonyl (C=O) groups is 1. The van der Waals surface area contributed by atoms with Crippen LogP contribution < -0.4 is 10.6 Å². The molecule has 0 saturated carbocycles. The van der Waals surface area contributed by atoms with E-state index in [0.29, 0.717) is 11.6 Å². The fourth-order valence-corrected chi connectivity index (χ4v) is 2.33. The highest BCUT2D eigenvalue weighted by Gasteiger charge is 2.33. The van der Waals surface area contributed by atoms with Crippen LogP contribution in [-0.2, 0) is 6.18 Å². The Labute approximate surface area is 155 Å². The molecule has 3 rings (SSSR count). The Bertz CT molecular complexity index is 990. The van der Waals surface area contributed by atoms with Crippen LogP contribution in [-0.4, -0.2) is 21.0 Å². The van der Waals surface area contributed by atoms with Crippen LogP contribution in [0.15, 0.2) is 41.1 Å². The van der Waals surface area contributed by atoms with Crippen LogP contribution in [0.2, 0.25) is 5.02 Å². The van der Waals surface area contributed by atoms with Gasteiger partial charge in [-0.2, -0.15) is 13.2 Å². The average molecular weight is 398 g/mol. The third-order valence-electron chi connectivity index (χ3n) is 3.29. The molecule has 7 nitrogen and oxygen atoms in total. The van der Waals surface area contributed by atoms with Gasteiger partial charge in [0.05, 0.1) is 10.6 Å². The molecule has 11 heteroatoms. The molecule has 0 aliphatic heterocycles. The summed E-state index contributed by atoms with van der Waals surface area (Å²) in [5.41, 5.74) is -1.18. The SMILES string of the molecule is Cc1cc(Nc2nccc(C(=O)Nc3ccc(Cl)c(C(F)(F)F)c3)n2)no1. The summed E-state index contributed by atoms with van der Waals surface area (Å²) >= 11 is 5.56. The van der Waals surface area contributed by atoms with E-state index in [0.717, 1.165) is 12.1 Å². The van der Waals surface area contributed by atoms with E-state index in [4.69, 9.17) is 16.1 Å². The summed E-state index contributed by atoms with van der Waals surface area (Å²) in [7, 11) is 0. The van der Waals surface area contributed by atoms with Crippen LogP contribution >= 0.6 is 11.6 Å². The van der Waals surface area contributed by atoms with Crippen molar-refractivity contribution in [3.63, 3.8) is 0 Å². The molecule has 0 unspecified atom stereocenters. The van der Waals surface area contributed by atoms with Crippen molar-refractivity contribution in [3.8, 4) is 0 Å². The van der Waals surface area contributed by atoms with Crippen LogP contribution in [0.25, 0.3) is 0 Å². The Balaban J connectivity index is 1.78. The van der Waals surface area contributed by atoms with Gasteiger partial charge in [-0.1, -0.05) is 16.8 Å². The molecule has 0 atom stereocenters. The summed E-state index contributed by atoms with van der Waals surface area (Å²) < 4.78 is 43.6. The van der Waals surface area contributed by atoms with Crippen molar-refractivity contribution in [2.45, 2.75) is 13.1 Å². The molecule has 3 aromatic rings. The van der Waals surface area contributed by atoms with Crippen molar-refractivity contribution in [1.29, 1.82) is 0 Å². The van der Waals surface area contributed by atoms with Crippen molar-refractivity contribution in [3.05, 3.63) is 58.6 Å². The van der Waals surface area contributed by atoms with E-state index < -0.39 is 22.7 Å². The number of aryl methyl sites for hydroxylation is 1. The molecule has 0 saturated heterocycles. The predicted molar refractivity (Wildman–Crippen MR) is 91.0 cm³/mol. The molecule has 0 aliphatic rings. The second-order valence-electron chi connectivity index (χ2n) is 5.36. The highest BCUT2D eigenvalue weighted by Crippen LogP contribution is 2.36. The van der Waals surface area contributed by atoms with Gasteiger partial charge in [-0.15, -0.1) is 0 Å². The van der Waals surface area contributed by atoms with E-state index in [2.05, 4.69) is 25.8 Å². The minimum Gasteiger partial charge on any atom is -0.360 e. The van der Waals surface area contributed by atoms with Gasteiger partial charge in [-0.3, -0.25) is 4.79 Å². The van der Waals surface area contributed by atoms with E-state index in [9.17, 15) is 18.0 Å². The van der Waals surface area contributed by atoms with Gasteiger partial charge in [0.2, 0.25) is 5.95 Å². The van der Waals surface area contributed by atoms with Crippen LogP contribution in [0, 0.1) is 6.92 Å². The number of anilines is 3. The molecule has 27 heavy (non-hydrogen) atoms. The number of rotatable bonds is 4. The zero-order valence-corrected chi connectivity index (χ0v) is 14.4. The maximum atomic E-state index is 12.9. The molecule has 1 aromatic carbocycles. The number of aromatic nitrogens is 3. The Hall–Kier alpha value is -3.14. The molecule has 0 aliphatic carbocycles. The summed E-state index contributed by atoms with van der Waals surface area (Å²) in [6.45, 7) is 1.70. The minimum absolute atomic E-state index is 0.0591. The zero-order valence-electron chi connectivity index (χ0n) is 13.6. The highest BCUT2D eigenvalue weighted by molar-refractivity contribution is 6.31. The zero-order chi connectivity index (χ0) is 19.6. The summed E-state index contributed by atoms with van der Waals surface area (Å²) in [6, 6.07) is 5.98.